The van der Waals surface area contributed by atoms with Crippen molar-refractivity contribution in [3.8, 4) is 11.5 Å². The molecule has 0 bridgehead atoms. The first-order chi connectivity index (χ1) is 11.1. The fourth-order valence-electron chi connectivity index (χ4n) is 3.07. The molecule has 1 saturated carbocycles. The third-order valence-electron chi connectivity index (χ3n) is 4.76. The number of nitrogens with one attached hydrogen (secondary N) is 2. The van der Waals surface area contributed by atoms with Crippen molar-refractivity contribution in [1.29, 1.82) is 0 Å². The molecule has 1 aliphatic heterocycles. The smallest absolute Gasteiger partial charge is 0.242 e. The van der Waals surface area contributed by atoms with Gasteiger partial charge in [0.25, 0.3) is 0 Å². The molecule has 1 atom stereocenters. The van der Waals surface area contributed by atoms with Crippen LogP contribution >= 0.6 is 0 Å². The lowest BCUT2D eigenvalue weighted by molar-refractivity contribution is -0.125. The van der Waals surface area contributed by atoms with Crippen molar-refractivity contribution in [3.05, 3.63) is 23.8 Å². The summed E-state index contributed by atoms with van der Waals surface area (Å²) in [6, 6.07) is 5.52. The van der Waals surface area contributed by atoms with Gasteiger partial charge in [0.15, 0.2) is 11.5 Å². The molecule has 0 spiro atoms. The first kappa shape index (κ1) is 15.6. The average Bonchev–Trinajstić information content (AvgIpc) is 3.25. The SMILES string of the molecule is COc1ccc(C2(CNC(=O)C3CCC(=O)N3)CC2)cc1OC. The average molecular weight is 318 g/mol. The summed E-state index contributed by atoms with van der Waals surface area (Å²) >= 11 is 0. The molecule has 1 heterocycles. The Morgan fingerprint density at radius 1 is 1.30 bits per heavy atom. The Hall–Kier alpha value is -2.24. The summed E-state index contributed by atoms with van der Waals surface area (Å²) in [5, 5.41) is 5.68. The number of ether oxygens (including phenoxy) is 2. The third-order valence-corrected chi connectivity index (χ3v) is 4.76. The lowest BCUT2D eigenvalue weighted by atomic mass is 9.95. The first-order valence-electron chi connectivity index (χ1n) is 7.87. The monoisotopic (exact) mass is 318 g/mol. The molecule has 1 aromatic carbocycles. The van der Waals surface area contributed by atoms with E-state index in [0.29, 0.717) is 30.9 Å². The molecular formula is C17H22N2O4. The molecule has 124 valence electrons. The summed E-state index contributed by atoms with van der Waals surface area (Å²) < 4.78 is 10.6. The van der Waals surface area contributed by atoms with Gasteiger partial charge in [-0.3, -0.25) is 9.59 Å². The van der Waals surface area contributed by atoms with Crippen LogP contribution in [-0.2, 0) is 15.0 Å². The summed E-state index contributed by atoms with van der Waals surface area (Å²) in [6.07, 6.45) is 3.06. The highest BCUT2D eigenvalue weighted by molar-refractivity contribution is 5.90. The largest absolute Gasteiger partial charge is 0.493 e. The van der Waals surface area contributed by atoms with Crippen molar-refractivity contribution in [1.82, 2.24) is 10.6 Å². The minimum absolute atomic E-state index is 0.0299. The van der Waals surface area contributed by atoms with E-state index in [0.717, 1.165) is 18.4 Å². The van der Waals surface area contributed by atoms with Crippen LogP contribution in [-0.4, -0.2) is 38.6 Å². The Morgan fingerprint density at radius 3 is 2.61 bits per heavy atom. The van der Waals surface area contributed by atoms with E-state index in [4.69, 9.17) is 9.47 Å². The number of amides is 2. The molecule has 1 saturated heterocycles. The molecule has 0 aromatic heterocycles. The quantitative estimate of drug-likeness (QED) is 0.824. The van der Waals surface area contributed by atoms with Crippen LogP contribution in [0, 0.1) is 0 Å². The van der Waals surface area contributed by atoms with Gasteiger partial charge in [0.1, 0.15) is 6.04 Å². The van der Waals surface area contributed by atoms with Gasteiger partial charge in [-0.05, 0) is 37.0 Å². The van der Waals surface area contributed by atoms with Crippen molar-refractivity contribution in [2.24, 2.45) is 0 Å². The molecule has 23 heavy (non-hydrogen) atoms. The Balaban J connectivity index is 1.66. The lowest BCUT2D eigenvalue weighted by Crippen LogP contribution is -2.44. The van der Waals surface area contributed by atoms with E-state index in [9.17, 15) is 9.59 Å². The molecule has 0 radical (unpaired) electrons. The predicted molar refractivity (Wildman–Crippen MR) is 84.6 cm³/mol. The van der Waals surface area contributed by atoms with Crippen LogP contribution in [0.15, 0.2) is 18.2 Å². The number of rotatable bonds is 6. The molecular weight excluding hydrogens is 296 g/mol. The minimum Gasteiger partial charge on any atom is -0.493 e. The van der Waals surface area contributed by atoms with E-state index in [1.165, 1.54) is 0 Å². The van der Waals surface area contributed by atoms with Crippen molar-refractivity contribution in [3.63, 3.8) is 0 Å². The molecule has 2 fully saturated rings. The minimum atomic E-state index is -0.385. The lowest BCUT2D eigenvalue weighted by Gasteiger charge is -2.20. The zero-order valence-corrected chi connectivity index (χ0v) is 13.5. The van der Waals surface area contributed by atoms with Crippen LogP contribution < -0.4 is 20.1 Å². The van der Waals surface area contributed by atoms with Gasteiger partial charge >= 0.3 is 0 Å². The van der Waals surface area contributed by atoms with Crippen molar-refractivity contribution in [2.45, 2.75) is 37.1 Å². The van der Waals surface area contributed by atoms with Gasteiger partial charge in [-0.1, -0.05) is 6.07 Å². The van der Waals surface area contributed by atoms with Crippen LogP contribution in [0.4, 0.5) is 0 Å². The van der Waals surface area contributed by atoms with E-state index >= 15 is 0 Å². The van der Waals surface area contributed by atoms with E-state index in [2.05, 4.69) is 10.6 Å². The Morgan fingerprint density at radius 2 is 2.04 bits per heavy atom. The first-order valence-corrected chi connectivity index (χ1v) is 7.87. The summed E-state index contributed by atoms with van der Waals surface area (Å²) in [4.78, 5) is 23.4. The molecule has 6 nitrogen and oxygen atoms in total. The molecule has 2 amide bonds. The van der Waals surface area contributed by atoms with Gasteiger partial charge < -0.3 is 20.1 Å². The van der Waals surface area contributed by atoms with Gasteiger partial charge in [0.05, 0.1) is 14.2 Å². The van der Waals surface area contributed by atoms with E-state index in [-0.39, 0.29) is 23.3 Å². The Bertz CT molecular complexity index is 625. The number of hydrogen-bond donors (Lipinski definition) is 2. The Kier molecular flexibility index (Phi) is 4.15. The maximum absolute atomic E-state index is 12.1. The summed E-state index contributed by atoms with van der Waals surface area (Å²) in [6.45, 7) is 0.577. The van der Waals surface area contributed by atoms with Crippen LogP contribution in [0.1, 0.15) is 31.2 Å². The standard InChI is InChI=1S/C17H22N2O4/c1-22-13-5-3-11(9-14(13)23-2)17(7-8-17)10-18-16(21)12-4-6-15(20)19-12/h3,5,9,12H,4,6-8,10H2,1-2H3,(H,18,21)(H,19,20). The molecule has 3 rings (SSSR count). The maximum Gasteiger partial charge on any atom is 0.242 e. The van der Waals surface area contributed by atoms with Gasteiger partial charge in [-0.25, -0.2) is 0 Å². The van der Waals surface area contributed by atoms with Gasteiger partial charge in [0.2, 0.25) is 11.8 Å². The Labute approximate surface area is 135 Å². The van der Waals surface area contributed by atoms with Crippen molar-refractivity contribution >= 4 is 11.8 Å². The second-order valence-corrected chi connectivity index (χ2v) is 6.23. The maximum atomic E-state index is 12.1. The molecule has 2 N–H and O–H groups in total. The molecule has 6 heteroatoms. The van der Waals surface area contributed by atoms with Crippen LogP contribution in [0.25, 0.3) is 0 Å². The summed E-state index contributed by atoms with van der Waals surface area (Å²) in [7, 11) is 3.23. The predicted octanol–water partition coefficient (Wildman–Crippen LogP) is 1.13. The molecule has 1 aromatic rings. The third kappa shape index (κ3) is 3.11. The molecule has 2 aliphatic rings. The topological polar surface area (TPSA) is 76.7 Å². The molecule has 1 unspecified atom stereocenters. The number of carbonyl (C=O) groups excluding carboxylic acids is 2. The fraction of sp³-hybridized carbons (Fsp3) is 0.529. The highest BCUT2D eigenvalue weighted by Gasteiger charge is 2.45. The van der Waals surface area contributed by atoms with Gasteiger partial charge in [-0.15, -0.1) is 0 Å². The summed E-state index contributed by atoms with van der Waals surface area (Å²) in [5.41, 5.74) is 1.11. The van der Waals surface area contributed by atoms with Gasteiger partial charge in [0, 0.05) is 18.4 Å². The van der Waals surface area contributed by atoms with Crippen LogP contribution in [0.2, 0.25) is 0 Å². The van der Waals surface area contributed by atoms with Crippen LogP contribution in [0.3, 0.4) is 0 Å². The number of hydrogen-bond acceptors (Lipinski definition) is 4. The van der Waals surface area contributed by atoms with E-state index < -0.39 is 0 Å². The highest BCUT2D eigenvalue weighted by atomic mass is 16.5. The number of methoxy groups -OCH3 is 2. The number of benzene rings is 1. The molecule has 1 aliphatic carbocycles. The summed E-state index contributed by atoms with van der Waals surface area (Å²) in [5.74, 6) is 1.25. The van der Waals surface area contributed by atoms with Crippen molar-refractivity contribution < 1.29 is 19.1 Å². The second-order valence-electron chi connectivity index (χ2n) is 6.23. The van der Waals surface area contributed by atoms with Crippen molar-refractivity contribution in [2.75, 3.05) is 20.8 Å². The van der Waals surface area contributed by atoms with E-state index in [1.54, 1.807) is 14.2 Å². The highest BCUT2D eigenvalue weighted by Crippen LogP contribution is 2.49. The van der Waals surface area contributed by atoms with Gasteiger partial charge in [-0.2, -0.15) is 0 Å². The second kappa shape index (κ2) is 6.10. The van der Waals surface area contributed by atoms with E-state index in [1.807, 2.05) is 18.2 Å². The zero-order chi connectivity index (χ0) is 16.4. The number of carbonyl (C=O) groups is 2. The zero-order valence-electron chi connectivity index (χ0n) is 13.5. The van der Waals surface area contributed by atoms with Crippen LogP contribution in [0.5, 0.6) is 11.5 Å². The normalized spacial score (nSPS) is 21.5. The fourth-order valence-corrected chi connectivity index (χ4v) is 3.07.